The number of aromatic nitrogens is 2. The highest BCUT2D eigenvalue weighted by molar-refractivity contribution is 6.31. The minimum Gasteiger partial charge on any atom is -0.481 e. The van der Waals surface area contributed by atoms with Gasteiger partial charge in [0, 0.05) is 22.9 Å². The molecule has 0 aliphatic heterocycles. The number of carbonyl (C=O) groups is 1. The molecule has 29 heavy (non-hydrogen) atoms. The summed E-state index contributed by atoms with van der Waals surface area (Å²) in [4.78, 5) is 10.7. The van der Waals surface area contributed by atoms with E-state index < -0.39 is 23.9 Å². The Labute approximate surface area is 167 Å². The lowest BCUT2D eigenvalue weighted by molar-refractivity contribution is -0.274. The predicted molar refractivity (Wildman–Crippen MR) is 97.5 cm³/mol. The summed E-state index contributed by atoms with van der Waals surface area (Å²) < 4.78 is 56.4. The zero-order chi connectivity index (χ0) is 21.2. The molecule has 5 nitrogen and oxygen atoms in total. The van der Waals surface area contributed by atoms with Crippen LogP contribution in [0.3, 0.4) is 0 Å². The molecule has 0 unspecified atom stereocenters. The summed E-state index contributed by atoms with van der Waals surface area (Å²) in [6.07, 6.45) is -4.26. The molecule has 1 aromatic heterocycles. The van der Waals surface area contributed by atoms with Crippen molar-refractivity contribution >= 4 is 28.5 Å². The van der Waals surface area contributed by atoms with Crippen LogP contribution >= 0.6 is 11.6 Å². The molecule has 0 radical (unpaired) electrons. The minimum absolute atomic E-state index is 0.0621. The molecular formula is C19H15ClF4N2O3. The number of halogens is 5. The molecule has 0 fully saturated rings. The van der Waals surface area contributed by atoms with Crippen LogP contribution in [0.15, 0.2) is 36.4 Å². The molecule has 0 aliphatic rings. The van der Waals surface area contributed by atoms with E-state index in [4.69, 9.17) is 16.7 Å². The van der Waals surface area contributed by atoms with Crippen LogP contribution in [0.2, 0.25) is 5.02 Å². The highest BCUT2D eigenvalue weighted by Gasteiger charge is 2.31. The van der Waals surface area contributed by atoms with Crippen LogP contribution in [0.1, 0.15) is 24.1 Å². The van der Waals surface area contributed by atoms with E-state index in [1.807, 2.05) is 0 Å². The highest BCUT2D eigenvalue weighted by atomic mass is 35.5. The summed E-state index contributed by atoms with van der Waals surface area (Å²) >= 11 is 6.05. The smallest absolute Gasteiger partial charge is 0.481 e. The number of alkyl halides is 3. The Balaban J connectivity index is 2.00. The van der Waals surface area contributed by atoms with Crippen LogP contribution in [-0.2, 0) is 17.8 Å². The fourth-order valence-corrected chi connectivity index (χ4v) is 3.17. The van der Waals surface area contributed by atoms with Crippen molar-refractivity contribution < 1.29 is 32.2 Å². The van der Waals surface area contributed by atoms with Gasteiger partial charge in [0.2, 0.25) is 0 Å². The first kappa shape index (κ1) is 20.9. The molecular weight excluding hydrogens is 416 g/mol. The third kappa shape index (κ3) is 5.38. The van der Waals surface area contributed by atoms with Crippen LogP contribution in [0, 0.1) is 5.82 Å². The zero-order valence-electron chi connectivity index (χ0n) is 14.8. The molecule has 0 saturated carbocycles. The normalized spacial score (nSPS) is 11.8. The van der Waals surface area contributed by atoms with E-state index in [1.54, 1.807) is 0 Å². The third-order valence-corrected chi connectivity index (χ3v) is 4.52. The van der Waals surface area contributed by atoms with E-state index in [9.17, 15) is 22.4 Å². The number of aliphatic carboxylic acids is 1. The van der Waals surface area contributed by atoms with E-state index in [-0.39, 0.29) is 18.0 Å². The number of hydrogen-bond donors (Lipinski definition) is 1. The van der Waals surface area contributed by atoms with Crippen molar-refractivity contribution in [3.63, 3.8) is 0 Å². The first-order chi connectivity index (χ1) is 13.6. The van der Waals surface area contributed by atoms with Crippen molar-refractivity contribution in [2.45, 2.75) is 32.2 Å². The van der Waals surface area contributed by atoms with Gasteiger partial charge in [-0.2, -0.15) is 5.10 Å². The second kappa shape index (κ2) is 8.28. The van der Waals surface area contributed by atoms with Gasteiger partial charge >= 0.3 is 12.3 Å². The molecule has 1 N–H and O–H groups in total. The maximum absolute atomic E-state index is 13.3. The van der Waals surface area contributed by atoms with E-state index in [1.165, 1.54) is 35.0 Å². The van der Waals surface area contributed by atoms with Gasteiger partial charge in [0.05, 0.1) is 17.8 Å². The third-order valence-electron chi connectivity index (χ3n) is 4.17. The van der Waals surface area contributed by atoms with Crippen molar-refractivity contribution in [1.82, 2.24) is 9.78 Å². The Hall–Kier alpha value is -2.81. The summed E-state index contributed by atoms with van der Waals surface area (Å²) in [6.45, 7) is 0.0873. The van der Waals surface area contributed by atoms with Gasteiger partial charge in [-0.1, -0.05) is 17.7 Å². The number of aryl methyl sites for hydroxylation is 1. The van der Waals surface area contributed by atoms with Crippen LogP contribution in [0.4, 0.5) is 17.6 Å². The van der Waals surface area contributed by atoms with E-state index >= 15 is 0 Å². The second-order valence-corrected chi connectivity index (χ2v) is 6.72. The number of carboxylic acid groups (broad SMARTS) is 1. The maximum atomic E-state index is 13.3. The molecule has 1 heterocycles. The Bertz CT molecular complexity index is 1050. The Kier molecular flexibility index (Phi) is 5.97. The summed E-state index contributed by atoms with van der Waals surface area (Å²) in [5.74, 6) is -1.87. The number of benzene rings is 2. The standard InChI is InChI=1S/C19H15ClF4N2O3/c20-15-8-12(21)5-4-11(15)10-26-17-9-13(29-19(22,23)24)6-7-14(17)16(25-26)2-1-3-18(27)28/h4-9H,1-3,10H2,(H,27,28). The van der Waals surface area contributed by atoms with Crippen LogP contribution < -0.4 is 4.74 Å². The highest BCUT2D eigenvalue weighted by Crippen LogP contribution is 2.30. The zero-order valence-corrected chi connectivity index (χ0v) is 15.6. The van der Waals surface area contributed by atoms with Crippen LogP contribution in [0.5, 0.6) is 5.75 Å². The fraction of sp³-hybridized carbons (Fsp3) is 0.263. The average molecular weight is 431 g/mol. The number of hydrogen-bond acceptors (Lipinski definition) is 3. The first-order valence-corrected chi connectivity index (χ1v) is 8.91. The quantitative estimate of drug-likeness (QED) is 0.524. The largest absolute Gasteiger partial charge is 0.573 e. The lowest BCUT2D eigenvalue weighted by Crippen LogP contribution is -2.17. The first-order valence-electron chi connectivity index (χ1n) is 8.53. The van der Waals surface area contributed by atoms with Gasteiger partial charge in [0.1, 0.15) is 11.6 Å². The van der Waals surface area contributed by atoms with Crippen molar-refractivity contribution in [1.29, 1.82) is 0 Å². The number of fused-ring (bicyclic) bond motifs is 1. The van der Waals surface area contributed by atoms with E-state index in [2.05, 4.69) is 9.84 Å². The number of nitrogens with zero attached hydrogens (tertiary/aromatic N) is 2. The van der Waals surface area contributed by atoms with Crippen molar-refractivity contribution in [2.75, 3.05) is 0 Å². The molecule has 0 spiro atoms. The molecule has 0 atom stereocenters. The SMILES string of the molecule is O=C(O)CCCc1nn(Cc2ccc(F)cc2Cl)c2cc(OC(F)(F)F)ccc12. The van der Waals surface area contributed by atoms with Crippen LogP contribution in [-0.4, -0.2) is 27.2 Å². The number of rotatable bonds is 7. The van der Waals surface area contributed by atoms with Gasteiger partial charge in [-0.3, -0.25) is 9.48 Å². The summed E-state index contributed by atoms with van der Waals surface area (Å²) in [6, 6.07) is 7.64. The van der Waals surface area contributed by atoms with Gasteiger partial charge in [0.15, 0.2) is 0 Å². The molecule has 0 saturated heterocycles. The molecule has 154 valence electrons. The van der Waals surface area contributed by atoms with Gasteiger partial charge in [-0.15, -0.1) is 13.2 Å². The minimum atomic E-state index is -4.84. The molecule has 0 bridgehead atoms. The lowest BCUT2D eigenvalue weighted by Gasteiger charge is -2.10. The molecule has 3 aromatic rings. The van der Waals surface area contributed by atoms with Crippen molar-refractivity contribution in [3.05, 3.63) is 58.5 Å². The maximum Gasteiger partial charge on any atom is 0.573 e. The molecule has 3 rings (SSSR count). The second-order valence-electron chi connectivity index (χ2n) is 6.31. The molecule has 0 amide bonds. The van der Waals surface area contributed by atoms with E-state index in [0.717, 1.165) is 6.07 Å². The van der Waals surface area contributed by atoms with Gasteiger partial charge in [-0.25, -0.2) is 4.39 Å². The van der Waals surface area contributed by atoms with Crippen molar-refractivity contribution in [2.24, 2.45) is 0 Å². The van der Waals surface area contributed by atoms with Gasteiger partial charge < -0.3 is 9.84 Å². The summed E-state index contributed by atoms with van der Waals surface area (Å²) in [5.41, 5.74) is 1.42. The Morgan fingerprint density at radius 1 is 1.21 bits per heavy atom. The van der Waals surface area contributed by atoms with Crippen molar-refractivity contribution in [3.8, 4) is 5.75 Å². The number of ether oxygens (including phenoxy) is 1. The topological polar surface area (TPSA) is 64.3 Å². The predicted octanol–water partition coefficient (Wildman–Crippen LogP) is 5.18. The molecule has 10 heteroatoms. The monoisotopic (exact) mass is 430 g/mol. The summed E-state index contributed by atoms with van der Waals surface area (Å²) in [5, 5.41) is 14.0. The number of carboxylic acids is 1. The van der Waals surface area contributed by atoms with Gasteiger partial charge in [0.25, 0.3) is 0 Å². The summed E-state index contributed by atoms with van der Waals surface area (Å²) in [7, 11) is 0. The fourth-order valence-electron chi connectivity index (χ4n) is 2.94. The Morgan fingerprint density at radius 3 is 2.62 bits per heavy atom. The molecule has 2 aromatic carbocycles. The molecule has 0 aliphatic carbocycles. The van der Waals surface area contributed by atoms with Crippen LogP contribution in [0.25, 0.3) is 10.9 Å². The van der Waals surface area contributed by atoms with Gasteiger partial charge in [-0.05, 0) is 42.7 Å². The Morgan fingerprint density at radius 2 is 1.97 bits per heavy atom. The lowest BCUT2D eigenvalue weighted by atomic mass is 10.1. The average Bonchev–Trinajstić information content (AvgIpc) is 2.93. The van der Waals surface area contributed by atoms with E-state index in [0.29, 0.717) is 35.0 Å².